The van der Waals surface area contributed by atoms with E-state index >= 15 is 0 Å². The molecule has 0 N–H and O–H groups in total. The van der Waals surface area contributed by atoms with E-state index in [9.17, 15) is 12.8 Å². The Balaban J connectivity index is 2.43. The molecule has 0 spiro atoms. The first-order chi connectivity index (χ1) is 10.8. The fourth-order valence-corrected chi connectivity index (χ4v) is 4.10. The van der Waals surface area contributed by atoms with E-state index in [1.807, 2.05) is 0 Å². The quantitative estimate of drug-likeness (QED) is 0.816. The van der Waals surface area contributed by atoms with Crippen molar-refractivity contribution < 1.29 is 17.5 Å². The van der Waals surface area contributed by atoms with Gasteiger partial charge in [0.05, 0.1) is 18.2 Å². The summed E-state index contributed by atoms with van der Waals surface area (Å²) in [4.78, 5) is -0.134. The summed E-state index contributed by atoms with van der Waals surface area (Å²) >= 11 is 5.90. The van der Waals surface area contributed by atoms with E-state index in [4.69, 9.17) is 16.3 Å². The molecule has 0 aliphatic heterocycles. The van der Waals surface area contributed by atoms with Crippen LogP contribution in [0.2, 0.25) is 5.02 Å². The van der Waals surface area contributed by atoms with Crippen LogP contribution >= 0.6 is 11.6 Å². The molecular weight excluding hydrogens is 341 g/mol. The zero-order valence-corrected chi connectivity index (χ0v) is 14.5. The van der Waals surface area contributed by atoms with Gasteiger partial charge in [-0.05, 0) is 31.2 Å². The molecule has 0 aliphatic rings. The maximum absolute atomic E-state index is 13.1. The third-order valence-electron chi connectivity index (χ3n) is 3.69. The van der Waals surface area contributed by atoms with Crippen molar-refractivity contribution in [3.8, 4) is 5.75 Å². The van der Waals surface area contributed by atoms with Crippen molar-refractivity contribution in [3.05, 3.63) is 58.9 Å². The number of sulfonamides is 1. The Bertz CT molecular complexity index is 811. The standard InChI is InChI=1S/C16H17ClFNO3S/c1-11(13-6-4-5-7-15(13)22-3)19(2)23(20,21)16-9-8-12(18)10-14(16)17/h4-11H,1-3H3. The van der Waals surface area contributed by atoms with Crippen LogP contribution in [0.4, 0.5) is 4.39 Å². The largest absolute Gasteiger partial charge is 0.496 e. The maximum Gasteiger partial charge on any atom is 0.244 e. The van der Waals surface area contributed by atoms with Gasteiger partial charge in [-0.15, -0.1) is 0 Å². The molecule has 2 aromatic carbocycles. The predicted octanol–water partition coefficient (Wildman–Crippen LogP) is 3.87. The Morgan fingerprint density at radius 3 is 2.48 bits per heavy atom. The van der Waals surface area contributed by atoms with E-state index < -0.39 is 21.9 Å². The first-order valence-electron chi connectivity index (χ1n) is 6.85. The molecule has 7 heteroatoms. The van der Waals surface area contributed by atoms with Crippen LogP contribution < -0.4 is 4.74 Å². The van der Waals surface area contributed by atoms with Gasteiger partial charge in [-0.1, -0.05) is 29.8 Å². The van der Waals surface area contributed by atoms with Gasteiger partial charge < -0.3 is 4.74 Å². The normalized spacial score (nSPS) is 13.1. The lowest BCUT2D eigenvalue weighted by Crippen LogP contribution is -2.30. The van der Waals surface area contributed by atoms with Gasteiger partial charge in [-0.25, -0.2) is 12.8 Å². The predicted molar refractivity (Wildman–Crippen MR) is 87.8 cm³/mol. The van der Waals surface area contributed by atoms with E-state index in [-0.39, 0.29) is 9.92 Å². The summed E-state index contributed by atoms with van der Waals surface area (Å²) in [5.74, 6) is 0.00151. The number of methoxy groups -OCH3 is 1. The second kappa shape index (κ2) is 6.86. The van der Waals surface area contributed by atoms with Gasteiger partial charge in [0.2, 0.25) is 10.0 Å². The number of benzene rings is 2. The zero-order valence-electron chi connectivity index (χ0n) is 13.0. The van der Waals surface area contributed by atoms with Gasteiger partial charge in [0.15, 0.2) is 0 Å². The molecule has 2 aromatic rings. The third-order valence-corrected chi connectivity index (χ3v) is 6.10. The second-order valence-electron chi connectivity index (χ2n) is 5.01. The molecule has 1 atom stereocenters. The number of hydrogen-bond donors (Lipinski definition) is 0. The average Bonchev–Trinajstić information content (AvgIpc) is 2.53. The highest BCUT2D eigenvalue weighted by Gasteiger charge is 2.29. The molecule has 0 heterocycles. The summed E-state index contributed by atoms with van der Waals surface area (Å²) < 4.78 is 45.1. The fourth-order valence-electron chi connectivity index (χ4n) is 2.26. The highest BCUT2D eigenvalue weighted by atomic mass is 35.5. The van der Waals surface area contributed by atoms with Crippen molar-refractivity contribution in [3.63, 3.8) is 0 Å². The number of halogens is 2. The summed E-state index contributed by atoms with van der Waals surface area (Å²) in [7, 11) is -0.904. The minimum Gasteiger partial charge on any atom is -0.496 e. The number of hydrogen-bond acceptors (Lipinski definition) is 3. The molecule has 0 bridgehead atoms. The van der Waals surface area contributed by atoms with Crippen molar-refractivity contribution in [2.45, 2.75) is 17.9 Å². The Kier molecular flexibility index (Phi) is 5.29. The van der Waals surface area contributed by atoms with Crippen LogP contribution in [0.1, 0.15) is 18.5 Å². The summed E-state index contributed by atoms with van der Waals surface area (Å²) in [6.45, 7) is 1.74. The van der Waals surface area contributed by atoms with E-state index in [1.165, 1.54) is 24.5 Å². The molecule has 2 rings (SSSR count). The van der Waals surface area contributed by atoms with Crippen LogP contribution in [0.5, 0.6) is 5.75 Å². The SMILES string of the molecule is COc1ccccc1C(C)N(C)S(=O)(=O)c1ccc(F)cc1Cl. The Morgan fingerprint density at radius 2 is 1.87 bits per heavy atom. The van der Waals surface area contributed by atoms with Crippen molar-refractivity contribution in [1.29, 1.82) is 0 Å². The smallest absolute Gasteiger partial charge is 0.244 e. The summed E-state index contributed by atoms with van der Waals surface area (Å²) in [6.07, 6.45) is 0. The second-order valence-corrected chi connectivity index (χ2v) is 7.39. The van der Waals surface area contributed by atoms with Crippen LogP contribution in [0.25, 0.3) is 0 Å². The van der Waals surface area contributed by atoms with E-state index in [1.54, 1.807) is 31.2 Å². The van der Waals surface area contributed by atoms with Crippen molar-refractivity contribution in [2.75, 3.05) is 14.2 Å². The minimum absolute atomic E-state index is 0.134. The van der Waals surface area contributed by atoms with Crippen molar-refractivity contribution in [2.24, 2.45) is 0 Å². The number of ether oxygens (including phenoxy) is 1. The van der Waals surface area contributed by atoms with Crippen LogP contribution in [-0.4, -0.2) is 26.9 Å². The maximum atomic E-state index is 13.1. The monoisotopic (exact) mass is 357 g/mol. The first kappa shape index (κ1) is 17.7. The van der Waals surface area contributed by atoms with Gasteiger partial charge in [0.25, 0.3) is 0 Å². The molecule has 0 aromatic heterocycles. The van der Waals surface area contributed by atoms with Crippen LogP contribution in [0.15, 0.2) is 47.4 Å². The first-order valence-corrected chi connectivity index (χ1v) is 8.67. The van der Waals surface area contributed by atoms with Gasteiger partial charge in [-0.2, -0.15) is 4.31 Å². The molecule has 0 saturated heterocycles. The Hall–Kier alpha value is -1.63. The molecule has 0 radical (unpaired) electrons. The molecule has 0 amide bonds. The topological polar surface area (TPSA) is 46.6 Å². The summed E-state index contributed by atoms with van der Waals surface area (Å²) in [6, 6.07) is 9.89. The zero-order chi connectivity index (χ0) is 17.2. The van der Waals surface area contributed by atoms with Gasteiger partial charge in [-0.3, -0.25) is 0 Å². The van der Waals surface area contributed by atoms with Crippen LogP contribution in [0.3, 0.4) is 0 Å². The summed E-state index contributed by atoms with van der Waals surface area (Å²) in [5.41, 5.74) is 0.722. The fraction of sp³-hybridized carbons (Fsp3) is 0.250. The van der Waals surface area contributed by atoms with Gasteiger partial charge >= 0.3 is 0 Å². The molecule has 124 valence electrons. The molecule has 0 saturated carbocycles. The van der Waals surface area contributed by atoms with Crippen molar-refractivity contribution >= 4 is 21.6 Å². The Morgan fingerprint density at radius 1 is 1.22 bits per heavy atom. The Labute approximate surface area is 140 Å². The average molecular weight is 358 g/mol. The lowest BCUT2D eigenvalue weighted by atomic mass is 10.1. The molecule has 4 nitrogen and oxygen atoms in total. The summed E-state index contributed by atoms with van der Waals surface area (Å²) in [5, 5.41) is -0.149. The van der Waals surface area contributed by atoms with Crippen LogP contribution in [0, 0.1) is 5.82 Å². The molecule has 1 unspecified atom stereocenters. The number of para-hydroxylation sites is 1. The van der Waals surface area contributed by atoms with Crippen molar-refractivity contribution in [1.82, 2.24) is 4.31 Å². The lowest BCUT2D eigenvalue weighted by molar-refractivity contribution is 0.367. The lowest BCUT2D eigenvalue weighted by Gasteiger charge is -2.26. The minimum atomic E-state index is -3.88. The van der Waals surface area contributed by atoms with E-state index in [0.29, 0.717) is 5.75 Å². The third kappa shape index (κ3) is 3.49. The number of nitrogens with zero attached hydrogens (tertiary/aromatic N) is 1. The van der Waals surface area contributed by atoms with Crippen LogP contribution in [-0.2, 0) is 10.0 Å². The highest BCUT2D eigenvalue weighted by molar-refractivity contribution is 7.89. The molecule has 0 fully saturated rings. The number of rotatable bonds is 5. The highest BCUT2D eigenvalue weighted by Crippen LogP contribution is 2.33. The molecular formula is C16H17ClFNO3S. The molecule has 0 aliphatic carbocycles. The van der Waals surface area contributed by atoms with Gasteiger partial charge in [0, 0.05) is 12.6 Å². The van der Waals surface area contributed by atoms with Gasteiger partial charge in [0.1, 0.15) is 16.5 Å². The van der Waals surface area contributed by atoms with E-state index in [2.05, 4.69) is 0 Å². The van der Waals surface area contributed by atoms with E-state index in [0.717, 1.165) is 17.7 Å². The molecule has 23 heavy (non-hydrogen) atoms.